The van der Waals surface area contributed by atoms with E-state index in [0.29, 0.717) is 12.3 Å². The highest BCUT2D eigenvalue weighted by Crippen LogP contribution is 2.30. The summed E-state index contributed by atoms with van der Waals surface area (Å²) in [7, 11) is 0. The predicted molar refractivity (Wildman–Crippen MR) is 88.6 cm³/mol. The molecule has 0 aliphatic carbocycles. The lowest BCUT2D eigenvalue weighted by Crippen LogP contribution is -2.28. The van der Waals surface area contributed by atoms with Crippen molar-refractivity contribution in [1.82, 2.24) is 10.3 Å². The number of amides is 1. The molecule has 2 rings (SSSR count). The molecule has 0 aliphatic heterocycles. The minimum absolute atomic E-state index is 0.0757. The van der Waals surface area contributed by atoms with Crippen LogP contribution < -0.4 is 5.32 Å². The number of carbonyl (C=O) groups excluding carboxylic acids is 1. The predicted octanol–water partition coefficient (Wildman–Crippen LogP) is 3.74. The van der Waals surface area contributed by atoms with Gasteiger partial charge < -0.3 is 5.32 Å². The maximum atomic E-state index is 11.9. The van der Waals surface area contributed by atoms with Gasteiger partial charge in [-0.05, 0) is 25.3 Å². The molecule has 2 aromatic rings. The van der Waals surface area contributed by atoms with Gasteiger partial charge in [0, 0.05) is 17.0 Å². The van der Waals surface area contributed by atoms with Gasteiger partial charge in [-0.25, -0.2) is 4.98 Å². The van der Waals surface area contributed by atoms with Gasteiger partial charge in [0.1, 0.15) is 5.01 Å². The van der Waals surface area contributed by atoms with Gasteiger partial charge in [-0.15, -0.1) is 11.3 Å². The van der Waals surface area contributed by atoms with E-state index in [9.17, 15) is 4.79 Å². The van der Waals surface area contributed by atoms with Gasteiger partial charge in [0.15, 0.2) is 0 Å². The van der Waals surface area contributed by atoms with Crippen molar-refractivity contribution in [2.24, 2.45) is 5.92 Å². The van der Waals surface area contributed by atoms with E-state index in [1.54, 1.807) is 11.3 Å². The number of aromatic nitrogens is 1. The molecule has 0 bridgehead atoms. The number of nitrogens with one attached hydrogen (secondary N) is 1. The number of aryl methyl sites for hydroxylation is 2. The van der Waals surface area contributed by atoms with Crippen LogP contribution in [0.4, 0.5) is 0 Å². The van der Waals surface area contributed by atoms with Gasteiger partial charge in [-0.2, -0.15) is 0 Å². The van der Waals surface area contributed by atoms with Crippen LogP contribution in [0.1, 0.15) is 30.0 Å². The van der Waals surface area contributed by atoms with E-state index < -0.39 is 0 Å². The van der Waals surface area contributed by atoms with Crippen LogP contribution in [0.15, 0.2) is 24.3 Å². The Labute approximate surface area is 130 Å². The van der Waals surface area contributed by atoms with Crippen LogP contribution in [0.2, 0.25) is 0 Å². The third-order valence-electron chi connectivity index (χ3n) is 3.30. The van der Waals surface area contributed by atoms with Crippen molar-refractivity contribution in [3.8, 4) is 10.6 Å². The lowest BCUT2D eigenvalue weighted by molar-refractivity contribution is -0.120. The van der Waals surface area contributed by atoms with Crippen LogP contribution in [0.3, 0.4) is 0 Å². The minimum Gasteiger partial charge on any atom is -0.356 e. The Kier molecular flexibility index (Phi) is 5.12. The summed E-state index contributed by atoms with van der Waals surface area (Å²) in [5.74, 6) is 0.547. The summed E-state index contributed by atoms with van der Waals surface area (Å²) in [5, 5.41) is 3.96. The summed E-state index contributed by atoms with van der Waals surface area (Å²) in [4.78, 5) is 17.6. The third kappa shape index (κ3) is 4.14. The van der Waals surface area contributed by atoms with E-state index in [1.165, 1.54) is 5.56 Å². The minimum atomic E-state index is 0.0757. The number of rotatable bonds is 5. The van der Waals surface area contributed by atoms with Crippen LogP contribution in [0.5, 0.6) is 0 Å². The molecule has 0 radical (unpaired) electrons. The Balaban J connectivity index is 2.13. The third-order valence-corrected chi connectivity index (χ3v) is 4.49. The van der Waals surface area contributed by atoms with Gasteiger partial charge in [-0.3, -0.25) is 4.79 Å². The smallest absolute Gasteiger partial charge is 0.225 e. The van der Waals surface area contributed by atoms with Crippen molar-refractivity contribution in [1.29, 1.82) is 0 Å². The zero-order chi connectivity index (χ0) is 15.4. The average Bonchev–Trinajstić information content (AvgIpc) is 2.78. The quantitative estimate of drug-likeness (QED) is 0.914. The maximum Gasteiger partial charge on any atom is 0.225 e. The molecule has 0 fully saturated rings. The molecule has 3 nitrogen and oxygen atoms in total. The summed E-state index contributed by atoms with van der Waals surface area (Å²) >= 11 is 1.62. The van der Waals surface area contributed by atoms with E-state index >= 15 is 0 Å². The molecule has 0 atom stereocenters. The number of hydrogen-bond donors (Lipinski definition) is 1. The van der Waals surface area contributed by atoms with Crippen molar-refractivity contribution >= 4 is 17.2 Å². The van der Waals surface area contributed by atoms with E-state index in [4.69, 9.17) is 0 Å². The first kappa shape index (κ1) is 15.7. The number of hydrogen-bond acceptors (Lipinski definition) is 3. The van der Waals surface area contributed by atoms with Crippen molar-refractivity contribution in [2.75, 3.05) is 6.54 Å². The Hall–Kier alpha value is -1.68. The normalized spacial score (nSPS) is 10.9. The van der Waals surface area contributed by atoms with Gasteiger partial charge in [-0.1, -0.05) is 38.1 Å². The van der Waals surface area contributed by atoms with Crippen LogP contribution in [-0.4, -0.2) is 17.4 Å². The highest BCUT2D eigenvalue weighted by molar-refractivity contribution is 7.15. The molecule has 0 saturated heterocycles. The van der Waals surface area contributed by atoms with E-state index in [1.807, 2.05) is 19.1 Å². The summed E-state index contributed by atoms with van der Waals surface area (Å²) in [6.45, 7) is 8.97. The van der Waals surface area contributed by atoms with Crippen LogP contribution >= 0.6 is 11.3 Å². The first-order valence-corrected chi connectivity index (χ1v) is 8.08. The number of nitrogens with zero attached hydrogens (tertiary/aromatic N) is 1. The Morgan fingerprint density at radius 1 is 1.29 bits per heavy atom. The van der Waals surface area contributed by atoms with E-state index in [2.05, 4.69) is 43.2 Å². The molecule has 0 saturated carbocycles. The molecule has 0 aliphatic rings. The Bertz CT molecular complexity index is 631. The molecule has 1 heterocycles. The number of benzene rings is 1. The van der Waals surface area contributed by atoms with Gasteiger partial charge in [0.2, 0.25) is 5.91 Å². The molecular formula is C17H22N2OS. The zero-order valence-corrected chi connectivity index (χ0v) is 13.9. The van der Waals surface area contributed by atoms with E-state index in [0.717, 1.165) is 27.7 Å². The lowest BCUT2D eigenvalue weighted by atomic mass is 10.1. The molecular weight excluding hydrogens is 280 g/mol. The first-order chi connectivity index (χ1) is 9.97. The summed E-state index contributed by atoms with van der Waals surface area (Å²) < 4.78 is 0. The SMILES string of the molecule is Cc1ccccc1-c1nc(C)c(CC(=O)NCC(C)C)s1. The Morgan fingerprint density at radius 2 is 2.00 bits per heavy atom. The lowest BCUT2D eigenvalue weighted by Gasteiger charge is -2.06. The van der Waals surface area contributed by atoms with Crippen molar-refractivity contribution < 1.29 is 4.79 Å². The number of carbonyl (C=O) groups is 1. The second kappa shape index (κ2) is 6.85. The van der Waals surface area contributed by atoms with Gasteiger partial charge in [0.25, 0.3) is 0 Å². The summed E-state index contributed by atoms with van der Waals surface area (Å²) in [5.41, 5.74) is 3.32. The fourth-order valence-electron chi connectivity index (χ4n) is 2.05. The van der Waals surface area contributed by atoms with Gasteiger partial charge in [0.05, 0.1) is 12.1 Å². The molecule has 0 spiro atoms. The molecule has 1 amide bonds. The second-order valence-electron chi connectivity index (χ2n) is 5.72. The number of thiazole rings is 1. The van der Waals surface area contributed by atoms with Gasteiger partial charge >= 0.3 is 0 Å². The summed E-state index contributed by atoms with van der Waals surface area (Å²) in [6, 6.07) is 8.21. The molecule has 1 aromatic carbocycles. The largest absolute Gasteiger partial charge is 0.356 e. The molecule has 1 N–H and O–H groups in total. The molecule has 1 aromatic heterocycles. The highest BCUT2D eigenvalue weighted by Gasteiger charge is 2.14. The highest BCUT2D eigenvalue weighted by atomic mass is 32.1. The van der Waals surface area contributed by atoms with Crippen molar-refractivity contribution in [3.63, 3.8) is 0 Å². The molecule has 4 heteroatoms. The monoisotopic (exact) mass is 302 g/mol. The fraction of sp³-hybridized carbons (Fsp3) is 0.412. The summed E-state index contributed by atoms with van der Waals surface area (Å²) in [6.07, 6.45) is 0.419. The van der Waals surface area contributed by atoms with Crippen LogP contribution in [0.25, 0.3) is 10.6 Å². The van der Waals surface area contributed by atoms with Crippen LogP contribution in [-0.2, 0) is 11.2 Å². The first-order valence-electron chi connectivity index (χ1n) is 7.26. The van der Waals surface area contributed by atoms with Crippen LogP contribution in [0, 0.1) is 19.8 Å². The topological polar surface area (TPSA) is 42.0 Å². The molecule has 112 valence electrons. The Morgan fingerprint density at radius 3 is 2.67 bits per heavy atom. The maximum absolute atomic E-state index is 11.9. The molecule has 0 unspecified atom stereocenters. The van der Waals surface area contributed by atoms with Crippen molar-refractivity contribution in [3.05, 3.63) is 40.4 Å². The van der Waals surface area contributed by atoms with Crippen molar-refractivity contribution in [2.45, 2.75) is 34.1 Å². The van der Waals surface area contributed by atoms with E-state index in [-0.39, 0.29) is 5.91 Å². The second-order valence-corrected chi connectivity index (χ2v) is 6.80. The fourth-order valence-corrected chi connectivity index (χ4v) is 3.20. The molecule has 21 heavy (non-hydrogen) atoms. The zero-order valence-electron chi connectivity index (χ0n) is 13.1. The standard InChI is InChI=1S/C17H22N2OS/c1-11(2)10-18-16(20)9-15-13(4)19-17(21-15)14-8-6-5-7-12(14)3/h5-8,11H,9-10H2,1-4H3,(H,18,20). The average molecular weight is 302 g/mol.